The molecule has 0 atom stereocenters. The van der Waals surface area contributed by atoms with Crippen LogP contribution < -0.4 is 4.74 Å². The van der Waals surface area contributed by atoms with Gasteiger partial charge in [-0.05, 0) is 12.1 Å². The predicted molar refractivity (Wildman–Crippen MR) is 88.1 cm³/mol. The Morgan fingerprint density at radius 3 is 2.42 bits per heavy atom. The van der Waals surface area contributed by atoms with E-state index in [0.29, 0.717) is 21.3 Å². The van der Waals surface area contributed by atoms with Crippen molar-refractivity contribution in [2.45, 2.75) is 12.7 Å². The van der Waals surface area contributed by atoms with Crippen LogP contribution in [0.2, 0.25) is 5.02 Å². The van der Waals surface area contributed by atoms with E-state index in [1.807, 2.05) is 21.1 Å². The fraction of sp³-hybridized carbons (Fsp3) is 0.400. The van der Waals surface area contributed by atoms with Gasteiger partial charge in [0.2, 0.25) is 0 Å². The van der Waals surface area contributed by atoms with Crippen molar-refractivity contribution in [1.29, 1.82) is 0 Å². The molecule has 1 heterocycles. The maximum atomic E-state index is 13.0. The SMILES string of the molecule is Cn1nc(Oc2ccc([N+](=O)[O-])c(C[N+](C)(C)C)c2)c(Cl)c1C(F)(F)F. The highest BCUT2D eigenvalue weighted by atomic mass is 35.5. The number of nitro groups is 1. The summed E-state index contributed by atoms with van der Waals surface area (Å²) in [6.07, 6.45) is -4.69. The molecule has 0 N–H and O–H groups in total. The number of quaternary nitrogens is 1. The van der Waals surface area contributed by atoms with E-state index in [-0.39, 0.29) is 11.4 Å². The molecular formula is C15H17ClF3N4O3+. The number of nitrogens with zero attached hydrogens (tertiary/aromatic N) is 4. The first kappa shape index (κ1) is 20.0. The summed E-state index contributed by atoms with van der Waals surface area (Å²) in [6, 6.07) is 3.93. The summed E-state index contributed by atoms with van der Waals surface area (Å²) in [4.78, 5) is 10.7. The average molecular weight is 394 g/mol. The molecule has 2 rings (SSSR count). The summed E-state index contributed by atoms with van der Waals surface area (Å²) in [5.74, 6) is -0.320. The molecule has 2 aromatic rings. The van der Waals surface area contributed by atoms with E-state index in [0.717, 1.165) is 7.05 Å². The minimum Gasteiger partial charge on any atom is -0.436 e. The highest BCUT2D eigenvalue weighted by molar-refractivity contribution is 6.32. The van der Waals surface area contributed by atoms with Crippen molar-refractivity contribution in [2.24, 2.45) is 7.05 Å². The van der Waals surface area contributed by atoms with E-state index in [4.69, 9.17) is 16.3 Å². The van der Waals surface area contributed by atoms with Gasteiger partial charge in [-0.1, -0.05) is 11.6 Å². The summed E-state index contributed by atoms with van der Waals surface area (Å²) in [7, 11) is 6.65. The van der Waals surface area contributed by atoms with Crippen LogP contribution in [0.5, 0.6) is 11.6 Å². The molecule has 0 unspecified atom stereocenters. The molecule has 0 fully saturated rings. The van der Waals surface area contributed by atoms with Crippen LogP contribution in [0, 0.1) is 10.1 Å². The van der Waals surface area contributed by atoms with Gasteiger partial charge in [0.25, 0.3) is 11.6 Å². The monoisotopic (exact) mass is 393 g/mol. The summed E-state index contributed by atoms with van der Waals surface area (Å²) in [6.45, 7) is 0.317. The predicted octanol–water partition coefficient (Wildman–Crippen LogP) is 4.00. The molecule has 0 radical (unpaired) electrons. The van der Waals surface area contributed by atoms with E-state index in [1.165, 1.54) is 18.2 Å². The van der Waals surface area contributed by atoms with Gasteiger partial charge in [0.15, 0.2) is 5.69 Å². The van der Waals surface area contributed by atoms with Crippen molar-refractivity contribution in [3.63, 3.8) is 0 Å². The van der Waals surface area contributed by atoms with E-state index < -0.39 is 27.7 Å². The van der Waals surface area contributed by atoms with Crippen LogP contribution in [0.1, 0.15) is 11.3 Å². The largest absolute Gasteiger partial charge is 0.436 e. The van der Waals surface area contributed by atoms with Crippen LogP contribution in [0.25, 0.3) is 0 Å². The van der Waals surface area contributed by atoms with Crippen LogP contribution in [0.3, 0.4) is 0 Å². The van der Waals surface area contributed by atoms with Gasteiger partial charge in [0.1, 0.15) is 17.3 Å². The molecule has 11 heteroatoms. The number of hydrogen-bond donors (Lipinski definition) is 0. The second-order valence-electron chi connectivity index (χ2n) is 6.69. The first-order valence-corrected chi connectivity index (χ1v) is 7.72. The topological polar surface area (TPSA) is 70.2 Å². The molecule has 1 aromatic carbocycles. The van der Waals surface area contributed by atoms with Gasteiger partial charge in [-0.15, -0.1) is 5.10 Å². The minimum atomic E-state index is -4.69. The summed E-state index contributed by atoms with van der Waals surface area (Å²) in [5.41, 5.74) is -0.862. The number of alkyl halides is 3. The molecule has 26 heavy (non-hydrogen) atoms. The van der Waals surface area contributed by atoms with E-state index in [9.17, 15) is 23.3 Å². The molecular weight excluding hydrogens is 377 g/mol. The van der Waals surface area contributed by atoms with Crippen molar-refractivity contribution < 1.29 is 27.3 Å². The standard InChI is InChI=1S/C15H17ClF3N4O3/c1-21-13(15(17,18)19)12(16)14(20-21)26-10-5-6-11(22(24)25)9(7-10)8-23(2,3)4/h5-7H,8H2,1-4H3/q+1. The smallest absolute Gasteiger partial charge is 0.434 e. The normalized spacial score (nSPS) is 12.3. The Labute approximate surface area is 152 Å². The lowest BCUT2D eigenvalue weighted by Gasteiger charge is -2.23. The molecule has 0 spiro atoms. The Hall–Kier alpha value is -2.33. The third-order valence-electron chi connectivity index (χ3n) is 3.34. The summed E-state index contributed by atoms with van der Waals surface area (Å²) >= 11 is 5.75. The van der Waals surface area contributed by atoms with Crippen LogP contribution in [0.4, 0.5) is 18.9 Å². The lowest BCUT2D eigenvalue weighted by atomic mass is 10.1. The minimum absolute atomic E-state index is 0.103. The van der Waals surface area contributed by atoms with Gasteiger partial charge in [-0.2, -0.15) is 13.2 Å². The van der Waals surface area contributed by atoms with Crippen LogP contribution in [-0.2, 0) is 19.8 Å². The number of halogens is 4. The summed E-state index contributed by atoms with van der Waals surface area (Å²) < 4.78 is 45.3. The second-order valence-corrected chi connectivity index (χ2v) is 7.07. The number of nitro benzene ring substituents is 1. The van der Waals surface area contributed by atoms with Crippen molar-refractivity contribution in [2.75, 3.05) is 21.1 Å². The van der Waals surface area contributed by atoms with Crippen molar-refractivity contribution in [3.05, 3.63) is 44.6 Å². The van der Waals surface area contributed by atoms with Crippen molar-refractivity contribution in [3.8, 4) is 11.6 Å². The molecule has 0 saturated carbocycles. The molecule has 0 aliphatic heterocycles. The molecule has 0 bridgehead atoms. The Morgan fingerprint density at radius 1 is 1.35 bits per heavy atom. The Morgan fingerprint density at radius 2 is 1.96 bits per heavy atom. The maximum Gasteiger partial charge on any atom is 0.434 e. The molecule has 1 aromatic heterocycles. The zero-order valence-corrected chi connectivity index (χ0v) is 15.2. The molecule has 0 saturated heterocycles. The zero-order chi connectivity index (χ0) is 19.9. The number of hydrogen-bond acceptors (Lipinski definition) is 4. The molecule has 0 aliphatic carbocycles. The van der Waals surface area contributed by atoms with E-state index in [2.05, 4.69) is 5.10 Å². The lowest BCUT2D eigenvalue weighted by molar-refractivity contribution is -0.884. The molecule has 0 amide bonds. The second kappa shape index (κ2) is 6.76. The number of aryl methyl sites for hydroxylation is 1. The fourth-order valence-electron chi connectivity index (χ4n) is 2.40. The maximum absolute atomic E-state index is 13.0. The van der Waals surface area contributed by atoms with Crippen LogP contribution >= 0.6 is 11.6 Å². The fourth-order valence-corrected chi connectivity index (χ4v) is 2.71. The van der Waals surface area contributed by atoms with Gasteiger partial charge >= 0.3 is 6.18 Å². The Balaban J connectivity index is 2.42. The molecule has 7 nitrogen and oxygen atoms in total. The lowest BCUT2D eigenvalue weighted by Crippen LogP contribution is -2.33. The highest BCUT2D eigenvalue weighted by Crippen LogP contribution is 2.40. The van der Waals surface area contributed by atoms with Gasteiger partial charge in [0.05, 0.1) is 31.6 Å². The van der Waals surface area contributed by atoms with Crippen LogP contribution in [0.15, 0.2) is 18.2 Å². The van der Waals surface area contributed by atoms with Gasteiger partial charge in [-0.3, -0.25) is 14.8 Å². The third-order valence-corrected chi connectivity index (χ3v) is 3.68. The first-order valence-electron chi connectivity index (χ1n) is 7.35. The summed E-state index contributed by atoms with van der Waals surface area (Å²) in [5, 5.41) is 14.1. The molecule has 0 aliphatic rings. The van der Waals surface area contributed by atoms with Gasteiger partial charge in [0, 0.05) is 13.1 Å². The quantitative estimate of drug-likeness (QED) is 0.437. The Bertz CT molecular complexity index is 844. The molecule has 142 valence electrons. The number of aromatic nitrogens is 2. The van der Waals surface area contributed by atoms with Crippen LogP contribution in [-0.4, -0.2) is 40.3 Å². The number of ether oxygens (including phenoxy) is 1. The number of benzene rings is 1. The Kier molecular flexibility index (Phi) is 5.20. The zero-order valence-electron chi connectivity index (χ0n) is 14.5. The highest BCUT2D eigenvalue weighted by Gasteiger charge is 2.39. The van der Waals surface area contributed by atoms with E-state index in [1.54, 1.807) is 0 Å². The van der Waals surface area contributed by atoms with E-state index >= 15 is 0 Å². The van der Waals surface area contributed by atoms with Gasteiger partial charge in [-0.25, -0.2) is 0 Å². The average Bonchev–Trinajstić information content (AvgIpc) is 2.70. The first-order chi connectivity index (χ1) is 11.8. The van der Waals surface area contributed by atoms with Crippen molar-refractivity contribution in [1.82, 2.24) is 9.78 Å². The third kappa shape index (κ3) is 4.44. The number of rotatable bonds is 5. The van der Waals surface area contributed by atoms with Crippen molar-refractivity contribution >= 4 is 17.3 Å². The van der Waals surface area contributed by atoms with Gasteiger partial charge < -0.3 is 9.22 Å².